The predicted molar refractivity (Wildman–Crippen MR) is 151 cm³/mol. The molecule has 186 valence electrons. The summed E-state index contributed by atoms with van der Waals surface area (Å²) in [6, 6.07) is 32.5. The number of carbonyl (C=O) groups is 1. The topological polar surface area (TPSA) is 59.8 Å². The van der Waals surface area contributed by atoms with Crippen molar-refractivity contribution in [1.82, 2.24) is 20.1 Å². The summed E-state index contributed by atoms with van der Waals surface area (Å²) in [5, 5.41) is 15.3. The van der Waals surface area contributed by atoms with Crippen LogP contribution in [0, 0.1) is 6.92 Å². The van der Waals surface area contributed by atoms with Gasteiger partial charge in [-0.25, -0.2) is 0 Å². The first-order valence-corrected chi connectivity index (χ1v) is 14.1. The van der Waals surface area contributed by atoms with E-state index in [9.17, 15) is 4.79 Å². The van der Waals surface area contributed by atoms with E-state index >= 15 is 0 Å². The number of carbonyl (C=O) groups excluding carboxylic acids is 1. The minimum absolute atomic E-state index is 0.0275. The van der Waals surface area contributed by atoms with Crippen LogP contribution in [0.4, 0.5) is 0 Å². The molecule has 0 fully saturated rings. The van der Waals surface area contributed by atoms with Gasteiger partial charge in [0, 0.05) is 16.3 Å². The molecule has 0 bridgehead atoms. The quantitative estimate of drug-likeness (QED) is 0.210. The SMILES string of the molecule is Cc1ccc(-n2c(SCc3ccccc3)nnc2C(Cc2ccccc2)NC(=O)Cc2cccs2)cc1. The van der Waals surface area contributed by atoms with Gasteiger partial charge in [0.15, 0.2) is 11.0 Å². The van der Waals surface area contributed by atoms with Gasteiger partial charge in [0.25, 0.3) is 0 Å². The van der Waals surface area contributed by atoms with Crippen molar-refractivity contribution >= 4 is 29.0 Å². The number of benzene rings is 3. The average molecular weight is 525 g/mol. The number of amides is 1. The fraction of sp³-hybridized carbons (Fsp3) is 0.167. The fourth-order valence-electron chi connectivity index (χ4n) is 4.13. The zero-order chi connectivity index (χ0) is 25.5. The molecule has 0 aliphatic rings. The third-order valence-corrected chi connectivity index (χ3v) is 7.88. The highest BCUT2D eigenvalue weighted by Gasteiger charge is 2.25. The molecule has 5 nitrogen and oxygen atoms in total. The maximum atomic E-state index is 13.1. The molecular weight excluding hydrogens is 496 g/mol. The highest BCUT2D eigenvalue weighted by molar-refractivity contribution is 7.98. The lowest BCUT2D eigenvalue weighted by molar-refractivity contribution is -0.121. The number of thioether (sulfide) groups is 1. The third kappa shape index (κ3) is 6.56. The summed E-state index contributed by atoms with van der Waals surface area (Å²) in [5.41, 5.74) is 4.51. The van der Waals surface area contributed by atoms with Gasteiger partial charge in [-0.2, -0.15) is 0 Å². The summed E-state index contributed by atoms with van der Waals surface area (Å²) in [6.45, 7) is 2.07. The molecule has 2 aromatic heterocycles. The van der Waals surface area contributed by atoms with Crippen molar-refractivity contribution in [1.29, 1.82) is 0 Å². The van der Waals surface area contributed by atoms with E-state index in [0.29, 0.717) is 12.8 Å². The fourth-order valence-corrected chi connectivity index (χ4v) is 5.75. The molecule has 0 saturated heterocycles. The highest BCUT2D eigenvalue weighted by Crippen LogP contribution is 2.29. The monoisotopic (exact) mass is 524 g/mol. The van der Waals surface area contributed by atoms with Crippen molar-refractivity contribution in [3.63, 3.8) is 0 Å². The lowest BCUT2D eigenvalue weighted by Gasteiger charge is -2.20. The summed E-state index contributed by atoms with van der Waals surface area (Å²) in [7, 11) is 0. The van der Waals surface area contributed by atoms with Crippen LogP contribution in [0.1, 0.15) is 33.4 Å². The van der Waals surface area contributed by atoms with Gasteiger partial charge in [-0.15, -0.1) is 21.5 Å². The lowest BCUT2D eigenvalue weighted by atomic mass is 10.0. The van der Waals surface area contributed by atoms with E-state index in [4.69, 9.17) is 0 Å². The second-order valence-electron chi connectivity index (χ2n) is 8.85. The molecule has 3 aromatic carbocycles. The predicted octanol–water partition coefficient (Wildman–Crippen LogP) is 6.57. The van der Waals surface area contributed by atoms with Crippen molar-refractivity contribution in [2.24, 2.45) is 0 Å². The van der Waals surface area contributed by atoms with Crippen LogP contribution >= 0.6 is 23.1 Å². The Hall–Kier alpha value is -3.68. The number of thiophene rings is 1. The van der Waals surface area contributed by atoms with Crippen molar-refractivity contribution < 1.29 is 4.79 Å². The van der Waals surface area contributed by atoms with Crippen LogP contribution < -0.4 is 5.32 Å². The number of nitrogens with one attached hydrogen (secondary N) is 1. The largest absolute Gasteiger partial charge is 0.345 e. The molecule has 1 N–H and O–H groups in total. The first-order chi connectivity index (χ1) is 18.2. The van der Waals surface area contributed by atoms with Crippen LogP contribution in [-0.2, 0) is 23.4 Å². The molecular formula is C30H28N4OS2. The summed E-state index contributed by atoms with van der Waals surface area (Å²) in [6.07, 6.45) is 0.960. The van der Waals surface area contributed by atoms with Gasteiger partial charge in [-0.3, -0.25) is 9.36 Å². The molecule has 0 saturated carbocycles. The Morgan fingerprint density at radius 1 is 0.892 bits per heavy atom. The van der Waals surface area contributed by atoms with Gasteiger partial charge in [-0.1, -0.05) is 96.2 Å². The van der Waals surface area contributed by atoms with E-state index in [1.165, 1.54) is 11.1 Å². The van der Waals surface area contributed by atoms with Crippen molar-refractivity contribution in [3.05, 3.63) is 130 Å². The molecule has 0 radical (unpaired) electrons. The van der Waals surface area contributed by atoms with Gasteiger partial charge < -0.3 is 5.32 Å². The zero-order valence-electron chi connectivity index (χ0n) is 20.6. The van der Waals surface area contributed by atoms with Crippen molar-refractivity contribution in [2.45, 2.75) is 36.7 Å². The Labute approximate surface area is 225 Å². The Balaban J connectivity index is 1.50. The number of rotatable bonds is 10. The summed E-state index contributed by atoms with van der Waals surface area (Å²) < 4.78 is 2.09. The third-order valence-electron chi connectivity index (χ3n) is 6.01. The van der Waals surface area contributed by atoms with Crippen LogP contribution in [0.2, 0.25) is 0 Å². The number of hydrogen-bond acceptors (Lipinski definition) is 5. The molecule has 5 rings (SSSR count). The average Bonchev–Trinajstić information content (AvgIpc) is 3.59. The van der Waals surface area contributed by atoms with Crippen LogP contribution in [0.5, 0.6) is 0 Å². The lowest BCUT2D eigenvalue weighted by Crippen LogP contribution is -2.33. The van der Waals surface area contributed by atoms with Crippen molar-refractivity contribution in [3.8, 4) is 5.69 Å². The van der Waals surface area contributed by atoms with Crippen LogP contribution in [0.25, 0.3) is 5.69 Å². The first kappa shape index (κ1) is 25.0. The second kappa shape index (κ2) is 12.0. The second-order valence-corrected chi connectivity index (χ2v) is 10.8. The first-order valence-electron chi connectivity index (χ1n) is 12.2. The molecule has 1 amide bonds. The zero-order valence-corrected chi connectivity index (χ0v) is 22.2. The maximum absolute atomic E-state index is 13.1. The number of aryl methyl sites for hydroxylation is 1. The molecule has 0 spiro atoms. The van der Waals surface area contributed by atoms with E-state index in [2.05, 4.69) is 75.5 Å². The Kier molecular flexibility index (Phi) is 8.13. The van der Waals surface area contributed by atoms with E-state index in [0.717, 1.165) is 32.9 Å². The van der Waals surface area contributed by atoms with E-state index < -0.39 is 0 Å². The standard InChI is InChI=1S/C30H28N4OS2/c1-22-14-16-25(17-15-22)34-29(32-33-30(34)37-21-24-11-6-3-7-12-24)27(19-23-9-4-2-5-10-23)31-28(35)20-26-13-8-18-36-26/h2-18,27H,19-21H2,1H3,(H,31,35). The van der Waals surface area contributed by atoms with E-state index in [1.807, 2.05) is 53.9 Å². The number of aromatic nitrogens is 3. The summed E-state index contributed by atoms with van der Waals surface area (Å²) >= 11 is 3.24. The van der Waals surface area contributed by atoms with Crippen LogP contribution in [0.15, 0.2) is 108 Å². The van der Waals surface area contributed by atoms with Gasteiger partial charge in [0.1, 0.15) is 0 Å². The van der Waals surface area contributed by atoms with E-state index in [1.54, 1.807) is 23.1 Å². The molecule has 2 heterocycles. The van der Waals surface area contributed by atoms with Crippen molar-refractivity contribution in [2.75, 3.05) is 0 Å². The molecule has 0 aliphatic carbocycles. The van der Waals surface area contributed by atoms with Crippen LogP contribution in [-0.4, -0.2) is 20.7 Å². The molecule has 37 heavy (non-hydrogen) atoms. The minimum atomic E-state index is -0.338. The maximum Gasteiger partial charge on any atom is 0.225 e. The molecule has 0 aliphatic heterocycles. The molecule has 1 atom stereocenters. The summed E-state index contributed by atoms with van der Waals surface area (Å²) in [4.78, 5) is 14.2. The highest BCUT2D eigenvalue weighted by atomic mass is 32.2. The molecule has 7 heteroatoms. The Bertz CT molecular complexity index is 1420. The Morgan fingerprint density at radius 2 is 1.59 bits per heavy atom. The Morgan fingerprint density at radius 3 is 2.27 bits per heavy atom. The minimum Gasteiger partial charge on any atom is -0.345 e. The van der Waals surface area contributed by atoms with Gasteiger partial charge in [0.05, 0.1) is 12.5 Å². The molecule has 5 aromatic rings. The van der Waals surface area contributed by atoms with Crippen LogP contribution in [0.3, 0.4) is 0 Å². The smallest absolute Gasteiger partial charge is 0.225 e. The van der Waals surface area contributed by atoms with Gasteiger partial charge in [0.2, 0.25) is 5.91 Å². The van der Waals surface area contributed by atoms with E-state index in [-0.39, 0.29) is 11.9 Å². The molecule has 1 unspecified atom stereocenters. The number of nitrogens with zero attached hydrogens (tertiary/aromatic N) is 3. The summed E-state index contributed by atoms with van der Waals surface area (Å²) in [5.74, 6) is 1.47. The normalized spacial score (nSPS) is 11.8. The number of hydrogen-bond donors (Lipinski definition) is 1. The van der Waals surface area contributed by atoms with Gasteiger partial charge >= 0.3 is 0 Å². The van der Waals surface area contributed by atoms with Gasteiger partial charge in [-0.05, 0) is 48.1 Å².